The van der Waals surface area contributed by atoms with Crippen molar-refractivity contribution < 1.29 is 9.53 Å². The lowest BCUT2D eigenvalue weighted by molar-refractivity contribution is -0.0742. The summed E-state index contributed by atoms with van der Waals surface area (Å²) in [6.07, 6.45) is 4.29. The van der Waals surface area contributed by atoms with Crippen LogP contribution in [-0.2, 0) is 11.2 Å². The molecule has 0 aliphatic carbocycles. The van der Waals surface area contributed by atoms with E-state index < -0.39 is 0 Å². The Morgan fingerprint density at radius 1 is 1.38 bits per heavy atom. The van der Waals surface area contributed by atoms with Gasteiger partial charge in [0.2, 0.25) is 0 Å². The molecular formula is C16H26N2O2S. The minimum Gasteiger partial charge on any atom is -0.371 e. The Balaban J connectivity index is 1.71. The van der Waals surface area contributed by atoms with E-state index in [0.29, 0.717) is 13.1 Å². The van der Waals surface area contributed by atoms with Gasteiger partial charge in [0.05, 0.1) is 12.2 Å². The zero-order valence-electron chi connectivity index (χ0n) is 13.0. The number of hydrogen-bond acceptors (Lipinski definition) is 3. The first-order valence-corrected chi connectivity index (χ1v) is 8.86. The lowest BCUT2D eigenvalue weighted by Gasteiger charge is -2.37. The molecule has 2 heterocycles. The third-order valence-electron chi connectivity index (χ3n) is 3.93. The van der Waals surface area contributed by atoms with Gasteiger partial charge < -0.3 is 15.0 Å². The maximum absolute atomic E-state index is 12.2. The molecule has 5 heteroatoms. The molecule has 2 atom stereocenters. The largest absolute Gasteiger partial charge is 0.371 e. The Bertz CT molecular complexity index is 410. The Kier molecular flexibility index (Phi) is 6.51. The standard InChI is InChI=1S/C16H26N2O2S/c1-3-14-10-18(11-15(4-2)20-14)16(19)17-8-5-6-13-7-9-21-12-13/h7,9,12,14-15H,3-6,8,10-11H2,1-2H3,(H,17,19). The van der Waals surface area contributed by atoms with Gasteiger partial charge in [0.25, 0.3) is 0 Å². The van der Waals surface area contributed by atoms with E-state index >= 15 is 0 Å². The Hall–Kier alpha value is -1.07. The van der Waals surface area contributed by atoms with Gasteiger partial charge in [-0.3, -0.25) is 0 Å². The van der Waals surface area contributed by atoms with Crippen molar-refractivity contribution in [2.24, 2.45) is 0 Å². The van der Waals surface area contributed by atoms with Crippen LogP contribution >= 0.6 is 11.3 Å². The molecule has 1 fully saturated rings. The first-order valence-electron chi connectivity index (χ1n) is 7.92. The molecule has 1 aliphatic rings. The number of thiophene rings is 1. The third-order valence-corrected chi connectivity index (χ3v) is 4.66. The van der Waals surface area contributed by atoms with Gasteiger partial charge in [-0.25, -0.2) is 4.79 Å². The van der Waals surface area contributed by atoms with E-state index in [4.69, 9.17) is 4.74 Å². The smallest absolute Gasteiger partial charge is 0.317 e. The zero-order valence-corrected chi connectivity index (χ0v) is 13.8. The van der Waals surface area contributed by atoms with Gasteiger partial charge in [-0.05, 0) is 48.1 Å². The van der Waals surface area contributed by atoms with E-state index in [-0.39, 0.29) is 18.2 Å². The molecule has 0 bridgehead atoms. The van der Waals surface area contributed by atoms with Crippen LogP contribution in [0.2, 0.25) is 0 Å². The number of hydrogen-bond donors (Lipinski definition) is 1. The van der Waals surface area contributed by atoms with E-state index in [9.17, 15) is 4.79 Å². The lowest BCUT2D eigenvalue weighted by atomic mass is 10.1. The number of carbonyl (C=O) groups excluding carboxylic acids is 1. The molecule has 2 amide bonds. The summed E-state index contributed by atoms with van der Waals surface area (Å²) in [6, 6.07) is 2.20. The highest BCUT2D eigenvalue weighted by molar-refractivity contribution is 7.07. The summed E-state index contributed by atoms with van der Waals surface area (Å²) in [5.41, 5.74) is 1.36. The minimum atomic E-state index is 0.0560. The monoisotopic (exact) mass is 310 g/mol. The van der Waals surface area contributed by atoms with E-state index in [0.717, 1.165) is 32.2 Å². The molecule has 1 N–H and O–H groups in total. The third kappa shape index (κ3) is 5.00. The van der Waals surface area contributed by atoms with Crippen molar-refractivity contribution in [2.75, 3.05) is 19.6 Å². The fourth-order valence-electron chi connectivity index (χ4n) is 2.58. The molecule has 1 aliphatic heterocycles. The van der Waals surface area contributed by atoms with E-state index in [2.05, 4.69) is 36.0 Å². The Labute approximate surface area is 131 Å². The molecule has 0 aromatic carbocycles. The van der Waals surface area contributed by atoms with Crippen LogP contribution in [0.3, 0.4) is 0 Å². The highest BCUT2D eigenvalue weighted by Gasteiger charge is 2.28. The number of ether oxygens (including phenoxy) is 1. The van der Waals surface area contributed by atoms with Crippen LogP contribution in [0, 0.1) is 0 Å². The van der Waals surface area contributed by atoms with Crippen molar-refractivity contribution in [3.8, 4) is 0 Å². The van der Waals surface area contributed by atoms with Gasteiger partial charge in [-0.2, -0.15) is 11.3 Å². The minimum absolute atomic E-state index is 0.0560. The second-order valence-electron chi connectivity index (χ2n) is 5.57. The topological polar surface area (TPSA) is 41.6 Å². The summed E-state index contributed by atoms with van der Waals surface area (Å²) >= 11 is 1.72. The number of nitrogens with one attached hydrogen (secondary N) is 1. The van der Waals surface area contributed by atoms with Gasteiger partial charge in [0, 0.05) is 19.6 Å². The molecular weight excluding hydrogens is 284 g/mol. The predicted octanol–water partition coefficient (Wildman–Crippen LogP) is 3.28. The summed E-state index contributed by atoms with van der Waals surface area (Å²) < 4.78 is 5.92. The summed E-state index contributed by atoms with van der Waals surface area (Å²) in [6.45, 7) is 6.38. The van der Waals surface area contributed by atoms with Crippen LogP contribution in [0.15, 0.2) is 16.8 Å². The van der Waals surface area contributed by atoms with Crippen molar-refractivity contribution in [3.63, 3.8) is 0 Å². The highest BCUT2D eigenvalue weighted by atomic mass is 32.1. The molecule has 118 valence electrons. The average Bonchev–Trinajstić information content (AvgIpc) is 3.04. The zero-order chi connectivity index (χ0) is 15.1. The molecule has 2 unspecified atom stereocenters. The van der Waals surface area contributed by atoms with Crippen molar-refractivity contribution >= 4 is 17.4 Å². The number of rotatable bonds is 6. The molecule has 1 aromatic rings. The molecule has 1 saturated heterocycles. The summed E-state index contributed by atoms with van der Waals surface area (Å²) in [5, 5.41) is 7.30. The molecule has 0 radical (unpaired) electrons. The predicted molar refractivity (Wildman–Crippen MR) is 86.9 cm³/mol. The van der Waals surface area contributed by atoms with Crippen molar-refractivity contribution in [1.29, 1.82) is 0 Å². The number of carbonyl (C=O) groups is 1. The number of urea groups is 1. The van der Waals surface area contributed by atoms with Gasteiger partial charge in [-0.1, -0.05) is 13.8 Å². The number of aryl methyl sites for hydroxylation is 1. The first kappa shape index (κ1) is 16.3. The van der Waals surface area contributed by atoms with E-state index in [1.807, 2.05) is 4.90 Å². The molecule has 4 nitrogen and oxygen atoms in total. The van der Waals surface area contributed by atoms with Gasteiger partial charge >= 0.3 is 6.03 Å². The fraction of sp³-hybridized carbons (Fsp3) is 0.688. The molecule has 0 spiro atoms. The van der Waals surface area contributed by atoms with Crippen LogP contribution in [0.25, 0.3) is 0 Å². The molecule has 2 rings (SSSR count). The summed E-state index contributed by atoms with van der Waals surface area (Å²) in [5.74, 6) is 0. The van der Waals surface area contributed by atoms with Crippen LogP contribution in [0.5, 0.6) is 0 Å². The van der Waals surface area contributed by atoms with Crippen molar-refractivity contribution in [2.45, 2.75) is 51.7 Å². The number of morpholine rings is 1. The van der Waals surface area contributed by atoms with Crippen LogP contribution in [0.4, 0.5) is 4.79 Å². The quantitative estimate of drug-likeness (QED) is 0.819. The molecule has 1 aromatic heterocycles. The first-order chi connectivity index (χ1) is 10.2. The number of nitrogens with zero attached hydrogens (tertiary/aromatic N) is 1. The van der Waals surface area contributed by atoms with Crippen LogP contribution < -0.4 is 5.32 Å². The van der Waals surface area contributed by atoms with E-state index in [1.54, 1.807) is 11.3 Å². The maximum Gasteiger partial charge on any atom is 0.317 e. The molecule has 0 saturated carbocycles. The van der Waals surface area contributed by atoms with Crippen LogP contribution in [0.1, 0.15) is 38.7 Å². The SMILES string of the molecule is CCC1CN(C(=O)NCCCc2ccsc2)CC(CC)O1. The van der Waals surface area contributed by atoms with Gasteiger partial charge in [-0.15, -0.1) is 0 Å². The van der Waals surface area contributed by atoms with Gasteiger partial charge in [0.1, 0.15) is 0 Å². The van der Waals surface area contributed by atoms with Crippen molar-refractivity contribution in [3.05, 3.63) is 22.4 Å². The van der Waals surface area contributed by atoms with E-state index in [1.165, 1.54) is 5.56 Å². The Morgan fingerprint density at radius 3 is 2.67 bits per heavy atom. The normalized spacial score (nSPS) is 22.3. The molecule has 21 heavy (non-hydrogen) atoms. The average molecular weight is 310 g/mol. The van der Waals surface area contributed by atoms with Crippen molar-refractivity contribution in [1.82, 2.24) is 10.2 Å². The highest BCUT2D eigenvalue weighted by Crippen LogP contribution is 2.16. The second-order valence-corrected chi connectivity index (χ2v) is 6.35. The summed E-state index contributed by atoms with van der Waals surface area (Å²) in [7, 11) is 0. The number of amides is 2. The maximum atomic E-state index is 12.2. The lowest BCUT2D eigenvalue weighted by Crippen LogP contribution is -2.53. The summed E-state index contributed by atoms with van der Waals surface area (Å²) in [4.78, 5) is 14.2. The Morgan fingerprint density at radius 2 is 2.10 bits per heavy atom. The van der Waals surface area contributed by atoms with Gasteiger partial charge in [0.15, 0.2) is 0 Å². The fourth-order valence-corrected chi connectivity index (χ4v) is 3.28. The second kappa shape index (κ2) is 8.39. The van der Waals surface area contributed by atoms with Crippen LogP contribution in [-0.4, -0.2) is 42.8 Å².